The van der Waals surface area contributed by atoms with Gasteiger partial charge in [-0.15, -0.1) is 0 Å². The van der Waals surface area contributed by atoms with E-state index in [9.17, 15) is 0 Å². The highest BCUT2D eigenvalue weighted by atomic mass is 16.5. The molecular formula is C5H9NO2. The summed E-state index contributed by atoms with van der Waals surface area (Å²) in [6.07, 6.45) is 3.24. The number of nitrogens with one attached hydrogen (secondary N) is 1. The van der Waals surface area contributed by atoms with Gasteiger partial charge >= 0.3 is 0 Å². The number of aliphatic hydroxyl groups is 2. The molecule has 0 saturated carbocycles. The third kappa shape index (κ3) is 1.21. The van der Waals surface area contributed by atoms with Crippen LogP contribution in [0.3, 0.4) is 0 Å². The Morgan fingerprint density at radius 3 is 2.50 bits per heavy atom. The second-order valence-electron chi connectivity index (χ2n) is 1.92. The molecule has 0 bridgehead atoms. The first-order chi connectivity index (χ1) is 3.71. The van der Waals surface area contributed by atoms with E-state index in [4.69, 9.17) is 10.2 Å². The van der Waals surface area contributed by atoms with Gasteiger partial charge in [0.1, 0.15) is 0 Å². The van der Waals surface area contributed by atoms with E-state index in [-0.39, 0.29) is 0 Å². The van der Waals surface area contributed by atoms with E-state index < -0.39 is 5.79 Å². The zero-order valence-corrected chi connectivity index (χ0v) is 4.46. The molecule has 0 unspecified atom stereocenters. The molecule has 3 heteroatoms. The fraction of sp³-hybridized carbons (Fsp3) is 0.600. The smallest absolute Gasteiger partial charge is 0.185 e. The van der Waals surface area contributed by atoms with Gasteiger partial charge in [0, 0.05) is 13.0 Å². The summed E-state index contributed by atoms with van der Waals surface area (Å²) in [6, 6.07) is 0. The van der Waals surface area contributed by atoms with Gasteiger partial charge in [-0.25, -0.2) is 0 Å². The molecule has 0 atom stereocenters. The van der Waals surface area contributed by atoms with Crippen LogP contribution in [0, 0.1) is 0 Å². The molecule has 0 amide bonds. The van der Waals surface area contributed by atoms with Crippen LogP contribution in [0.5, 0.6) is 0 Å². The fourth-order valence-electron chi connectivity index (χ4n) is 0.615. The molecule has 3 nitrogen and oxygen atoms in total. The van der Waals surface area contributed by atoms with Crippen LogP contribution >= 0.6 is 0 Å². The Balaban J connectivity index is 2.56. The minimum atomic E-state index is -1.56. The fourth-order valence-corrected chi connectivity index (χ4v) is 0.615. The van der Waals surface area contributed by atoms with Gasteiger partial charge in [-0.3, -0.25) is 0 Å². The molecule has 0 spiro atoms. The lowest BCUT2D eigenvalue weighted by Crippen LogP contribution is -2.33. The van der Waals surface area contributed by atoms with E-state index in [2.05, 4.69) is 5.32 Å². The third-order valence-electron chi connectivity index (χ3n) is 1.11. The molecule has 1 aliphatic rings. The van der Waals surface area contributed by atoms with Gasteiger partial charge in [-0.2, -0.15) is 0 Å². The first kappa shape index (κ1) is 5.59. The summed E-state index contributed by atoms with van der Waals surface area (Å²) in [5, 5.41) is 20.4. The number of hydrogen-bond donors (Lipinski definition) is 3. The summed E-state index contributed by atoms with van der Waals surface area (Å²) in [6.45, 7) is 0.628. The highest BCUT2D eigenvalue weighted by Gasteiger charge is 2.19. The van der Waals surface area contributed by atoms with Gasteiger partial charge in [0.05, 0.1) is 0 Å². The van der Waals surface area contributed by atoms with Crippen LogP contribution in [-0.4, -0.2) is 22.5 Å². The Morgan fingerprint density at radius 1 is 1.50 bits per heavy atom. The maximum atomic E-state index is 8.80. The SMILES string of the molecule is OC1(O)C=CNCC1. The molecule has 46 valence electrons. The minimum absolute atomic E-state index is 0.365. The molecule has 0 aromatic heterocycles. The highest BCUT2D eigenvalue weighted by Crippen LogP contribution is 2.08. The van der Waals surface area contributed by atoms with Crippen LogP contribution in [0.2, 0.25) is 0 Å². The quantitative estimate of drug-likeness (QED) is 0.361. The second-order valence-corrected chi connectivity index (χ2v) is 1.92. The molecule has 0 aromatic rings. The normalized spacial score (nSPS) is 24.8. The molecule has 1 aliphatic heterocycles. The summed E-state index contributed by atoms with van der Waals surface area (Å²) in [5.41, 5.74) is 0. The summed E-state index contributed by atoms with van der Waals surface area (Å²) in [4.78, 5) is 0. The molecule has 3 N–H and O–H groups in total. The molecule has 1 rings (SSSR count). The predicted molar refractivity (Wildman–Crippen MR) is 28.9 cm³/mol. The second kappa shape index (κ2) is 1.76. The van der Waals surface area contributed by atoms with Crippen molar-refractivity contribution in [3.63, 3.8) is 0 Å². The lowest BCUT2D eigenvalue weighted by Gasteiger charge is -2.20. The van der Waals surface area contributed by atoms with E-state index in [1.807, 2.05) is 0 Å². The molecule has 1 heterocycles. The third-order valence-corrected chi connectivity index (χ3v) is 1.11. The molecule has 8 heavy (non-hydrogen) atoms. The summed E-state index contributed by atoms with van der Waals surface area (Å²) < 4.78 is 0. The maximum Gasteiger partial charge on any atom is 0.185 e. The standard InChI is InChI=1S/C5H9NO2/c7-5(8)1-3-6-4-2-5/h1,3,6-8H,2,4H2. The van der Waals surface area contributed by atoms with Crippen molar-refractivity contribution >= 4 is 0 Å². The van der Waals surface area contributed by atoms with Gasteiger partial charge in [0.2, 0.25) is 0 Å². The van der Waals surface area contributed by atoms with Gasteiger partial charge in [0.15, 0.2) is 5.79 Å². The summed E-state index contributed by atoms with van der Waals surface area (Å²) >= 11 is 0. The number of hydrogen-bond acceptors (Lipinski definition) is 3. The van der Waals surface area contributed by atoms with Crippen molar-refractivity contribution in [3.05, 3.63) is 12.3 Å². The van der Waals surface area contributed by atoms with E-state index in [1.54, 1.807) is 6.20 Å². The van der Waals surface area contributed by atoms with Crippen LogP contribution in [-0.2, 0) is 0 Å². The zero-order valence-electron chi connectivity index (χ0n) is 4.46. The predicted octanol–water partition coefficient (Wildman–Crippen LogP) is -0.826. The molecular weight excluding hydrogens is 106 g/mol. The number of rotatable bonds is 0. The first-order valence-electron chi connectivity index (χ1n) is 2.57. The molecule has 0 aromatic carbocycles. The van der Waals surface area contributed by atoms with Crippen LogP contribution in [0.25, 0.3) is 0 Å². The van der Waals surface area contributed by atoms with Crippen LogP contribution < -0.4 is 5.32 Å². The van der Waals surface area contributed by atoms with Crippen LogP contribution in [0.1, 0.15) is 6.42 Å². The van der Waals surface area contributed by atoms with E-state index >= 15 is 0 Å². The monoisotopic (exact) mass is 115 g/mol. The van der Waals surface area contributed by atoms with Crippen molar-refractivity contribution in [2.75, 3.05) is 6.54 Å². The lowest BCUT2D eigenvalue weighted by molar-refractivity contribution is -0.124. The van der Waals surface area contributed by atoms with E-state index in [0.717, 1.165) is 0 Å². The lowest BCUT2D eigenvalue weighted by atomic mass is 10.1. The van der Waals surface area contributed by atoms with Gasteiger partial charge < -0.3 is 15.5 Å². The van der Waals surface area contributed by atoms with Gasteiger partial charge in [0.25, 0.3) is 0 Å². The Kier molecular flexibility index (Phi) is 1.23. The van der Waals surface area contributed by atoms with Crippen LogP contribution in [0.15, 0.2) is 12.3 Å². The highest BCUT2D eigenvalue weighted by molar-refractivity contribution is 4.96. The molecule has 0 saturated heterocycles. The minimum Gasteiger partial charge on any atom is -0.391 e. The Bertz CT molecular complexity index is 109. The maximum absolute atomic E-state index is 8.80. The molecule has 0 radical (unpaired) electrons. The Morgan fingerprint density at radius 2 is 2.25 bits per heavy atom. The average Bonchev–Trinajstić information content (AvgIpc) is 1.65. The van der Waals surface area contributed by atoms with Gasteiger partial charge in [-0.1, -0.05) is 0 Å². The zero-order chi connectivity index (χ0) is 6.04. The molecule has 0 aliphatic carbocycles. The topological polar surface area (TPSA) is 52.5 Å². The Hall–Kier alpha value is -0.540. The van der Waals surface area contributed by atoms with Crippen molar-refractivity contribution in [3.8, 4) is 0 Å². The first-order valence-corrected chi connectivity index (χ1v) is 2.57. The van der Waals surface area contributed by atoms with Crippen molar-refractivity contribution in [1.82, 2.24) is 5.32 Å². The van der Waals surface area contributed by atoms with Crippen molar-refractivity contribution < 1.29 is 10.2 Å². The molecule has 0 fully saturated rings. The summed E-state index contributed by atoms with van der Waals surface area (Å²) in [7, 11) is 0. The van der Waals surface area contributed by atoms with Crippen LogP contribution in [0.4, 0.5) is 0 Å². The summed E-state index contributed by atoms with van der Waals surface area (Å²) in [5.74, 6) is -1.56. The van der Waals surface area contributed by atoms with Crippen molar-refractivity contribution in [2.24, 2.45) is 0 Å². The average molecular weight is 115 g/mol. The Labute approximate surface area is 47.6 Å². The van der Waals surface area contributed by atoms with Gasteiger partial charge in [-0.05, 0) is 12.3 Å². The van der Waals surface area contributed by atoms with Crippen molar-refractivity contribution in [1.29, 1.82) is 0 Å². The van der Waals surface area contributed by atoms with E-state index in [0.29, 0.717) is 13.0 Å². The van der Waals surface area contributed by atoms with Crippen molar-refractivity contribution in [2.45, 2.75) is 12.2 Å². The largest absolute Gasteiger partial charge is 0.391 e. The van der Waals surface area contributed by atoms with E-state index in [1.165, 1.54) is 6.08 Å².